The number of halogens is 1. The van der Waals surface area contributed by atoms with Crippen LogP contribution in [0.15, 0.2) is 24.3 Å². The molecule has 1 heterocycles. The molecule has 1 aromatic carbocycles. The zero-order valence-electron chi connectivity index (χ0n) is 12.4. The van der Waals surface area contributed by atoms with Crippen molar-refractivity contribution in [3.63, 3.8) is 0 Å². The molecule has 1 unspecified atom stereocenters. The molecule has 5 heteroatoms. The molecule has 0 radical (unpaired) electrons. The van der Waals surface area contributed by atoms with Crippen molar-refractivity contribution in [2.75, 3.05) is 18.8 Å². The van der Waals surface area contributed by atoms with Gasteiger partial charge in [0.15, 0.2) is 0 Å². The van der Waals surface area contributed by atoms with E-state index in [4.69, 9.17) is 11.6 Å². The van der Waals surface area contributed by atoms with Crippen molar-refractivity contribution < 1.29 is 4.79 Å². The highest BCUT2D eigenvalue weighted by molar-refractivity contribution is 8.00. The largest absolute Gasteiger partial charge is 0.353 e. The number of nitrogens with one attached hydrogen (secondary N) is 2. The second-order valence-corrected chi connectivity index (χ2v) is 7.29. The molecule has 0 saturated carbocycles. The summed E-state index contributed by atoms with van der Waals surface area (Å²) in [6, 6.07) is 7.93. The van der Waals surface area contributed by atoms with Crippen molar-refractivity contribution >= 4 is 29.3 Å². The fourth-order valence-electron chi connectivity index (χ4n) is 2.54. The lowest BCUT2D eigenvalue weighted by Crippen LogP contribution is -2.36. The van der Waals surface area contributed by atoms with Gasteiger partial charge in [0.05, 0.1) is 5.75 Å². The molecule has 0 aromatic heterocycles. The van der Waals surface area contributed by atoms with E-state index in [0.717, 1.165) is 42.9 Å². The number of benzene rings is 1. The number of hydrogen-bond acceptors (Lipinski definition) is 3. The minimum atomic E-state index is 0.129. The summed E-state index contributed by atoms with van der Waals surface area (Å²) in [6.07, 6.45) is 3.14. The summed E-state index contributed by atoms with van der Waals surface area (Å²) in [5.41, 5.74) is 1.15. The molecule has 1 aliphatic rings. The monoisotopic (exact) mass is 326 g/mol. The van der Waals surface area contributed by atoms with Crippen LogP contribution in [0.3, 0.4) is 0 Å². The normalized spacial score (nSPS) is 17.4. The summed E-state index contributed by atoms with van der Waals surface area (Å²) >= 11 is 7.76. The fraction of sp³-hybridized carbons (Fsp3) is 0.562. The molecule has 1 saturated heterocycles. The summed E-state index contributed by atoms with van der Waals surface area (Å²) < 4.78 is 0. The van der Waals surface area contributed by atoms with Crippen LogP contribution in [0.1, 0.15) is 25.3 Å². The maximum Gasteiger partial charge on any atom is 0.230 e. The van der Waals surface area contributed by atoms with Crippen LogP contribution in [0.25, 0.3) is 0 Å². The van der Waals surface area contributed by atoms with Gasteiger partial charge in [0.1, 0.15) is 0 Å². The van der Waals surface area contributed by atoms with Crippen LogP contribution in [0.4, 0.5) is 0 Å². The first-order valence-corrected chi connectivity index (χ1v) is 8.92. The van der Waals surface area contributed by atoms with Gasteiger partial charge >= 0.3 is 0 Å². The number of carbonyl (C=O) groups excluding carboxylic acids is 1. The molecule has 2 N–H and O–H groups in total. The number of amides is 1. The van der Waals surface area contributed by atoms with Gasteiger partial charge in [-0.3, -0.25) is 4.79 Å². The van der Waals surface area contributed by atoms with Crippen molar-refractivity contribution in [2.45, 2.75) is 37.5 Å². The van der Waals surface area contributed by atoms with Crippen LogP contribution in [0, 0.1) is 0 Å². The van der Waals surface area contributed by atoms with E-state index in [1.807, 2.05) is 31.2 Å². The molecule has 1 aromatic rings. The Labute approximate surface area is 136 Å². The third-order valence-corrected chi connectivity index (χ3v) is 5.18. The van der Waals surface area contributed by atoms with E-state index in [9.17, 15) is 4.79 Å². The molecule has 1 fully saturated rings. The van der Waals surface area contributed by atoms with Crippen molar-refractivity contribution in [2.24, 2.45) is 0 Å². The molecule has 1 amide bonds. The van der Waals surface area contributed by atoms with Gasteiger partial charge in [0.2, 0.25) is 5.91 Å². The molecule has 21 heavy (non-hydrogen) atoms. The maximum atomic E-state index is 12.0. The second kappa shape index (κ2) is 8.66. The van der Waals surface area contributed by atoms with Crippen molar-refractivity contribution in [1.82, 2.24) is 10.6 Å². The highest BCUT2D eigenvalue weighted by Crippen LogP contribution is 2.19. The molecule has 2 rings (SSSR count). The van der Waals surface area contributed by atoms with Gasteiger partial charge in [-0.1, -0.05) is 23.7 Å². The summed E-state index contributed by atoms with van der Waals surface area (Å²) in [7, 11) is 0. The van der Waals surface area contributed by atoms with Gasteiger partial charge in [-0.2, -0.15) is 0 Å². The summed E-state index contributed by atoms with van der Waals surface area (Å²) in [5, 5.41) is 7.78. The first-order chi connectivity index (χ1) is 10.1. The number of carbonyl (C=O) groups is 1. The predicted octanol–water partition coefficient (Wildman–Crippen LogP) is 2.87. The van der Waals surface area contributed by atoms with Gasteiger partial charge in [-0.15, -0.1) is 11.8 Å². The quantitative estimate of drug-likeness (QED) is 0.844. The molecule has 0 bridgehead atoms. The van der Waals surface area contributed by atoms with E-state index in [2.05, 4.69) is 10.6 Å². The van der Waals surface area contributed by atoms with Crippen molar-refractivity contribution in [3.05, 3.63) is 34.9 Å². The molecule has 0 aliphatic carbocycles. The van der Waals surface area contributed by atoms with Crippen LogP contribution in [0.5, 0.6) is 0 Å². The van der Waals surface area contributed by atoms with Crippen LogP contribution in [0.2, 0.25) is 5.02 Å². The second-order valence-electron chi connectivity index (χ2n) is 5.56. The summed E-state index contributed by atoms with van der Waals surface area (Å²) in [6.45, 7) is 4.18. The SMILES string of the molecule is CC(Cc1cccc(Cl)c1)NC(=O)CSC1CCNCC1. The molecule has 116 valence electrons. The predicted molar refractivity (Wildman–Crippen MR) is 91.1 cm³/mol. The average molecular weight is 327 g/mol. The summed E-state index contributed by atoms with van der Waals surface area (Å²) in [5.74, 6) is 0.693. The minimum Gasteiger partial charge on any atom is -0.353 e. The first-order valence-electron chi connectivity index (χ1n) is 7.49. The third-order valence-electron chi connectivity index (χ3n) is 3.57. The Kier molecular flexibility index (Phi) is 6.87. The van der Waals surface area contributed by atoms with Gasteiger partial charge in [0, 0.05) is 16.3 Å². The average Bonchev–Trinajstić information content (AvgIpc) is 2.46. The van der Waals surface area contributed by atoms with Gasteiger partial charge in [-0.05, 0) is 57.0 Å². The van der Waals surface area contributed by atoms with Crippen molar-refractivity contribution in [3.8, 4) is 0 Å². The van der Waals surface area contributed by atoms with Crippen LogP contribution >= 0.6 is 23.4 Å². The third kappa shape index (κ3) is 6.29. The zero-order valence-corrected chi connectivity index (χ0v) is 14.0. The fourth-order valence-corrected chi connectivity index (χ4v) is 3.79. The van der Waals surface area contributed by atoms with Gasteiger partial charge in [0.25, 0.3) is 0 Å². The Morgan fingerprint density at radius 2 is 2.24 bits per heavy atom. The smallest absolute Gasteiger partial charge is 0.230 e. The van der Waals surface area contributed by atoms with E-state index >= 15 is 0 Å². The number of piperidine rings is 1. The van der Waals surface area contributed by atoms with E-state index in [1.165, 1.54) is 0 Å². The molecule has 3 nitrogen and oxygen atoms in total. The Morgan fingerprint density at radius 1 is 1.48 bits per heavy atom. The van der Waals surface area contributed by atoms with Crippen LogP contribution < -0.4 is 10.6 Å². The lowest BCUT2D eigenvalue weighted by Gasteiger charge is -2.22. The lowest BCUT2D eigenvalue weighted by molar-refractivity contribution is -0.119. The molecule has 1 atom stereocenters. The molecular formula is C16H23ClN2OS. The highest BCUT2D eigenvalue weighted by Gasteiger charge is 2.15. The Morgan fingerprint density at radius 3 is 2.95 bits per heavy atom. The van der Waals surface area contributed by atoms with Crippen LogP contribution in [-0.4, -0.2) is 36.0 Å². The number of rotatable bonds is 6. The Hall–Kier alpha value is -0.710. The van der Waals surface area contributed by atoms with E-state index < -0.39 is 0 Å². The van der Waals surface area contributed by atoms with Gasteiger partial charge in [-0.25, -0.2) is 0 Å². The van der Waals surface area contributed by atoms with E-state index in [-0.39, 0.29) is 11.9 Å². The number of thioether (sulfide) groups is 1. The number of hydrogen-bond donors (Lipinski definition) is 2. The lowest BCUT2D eigenvalue weighted by atomic mass is 10.1. The molecule has 1 aliphatic heterocycles. The topological polar surface area (TPSA) is 41.1 Å². The first kappa shape index (κ1) is 16.7. The van der Waals surface area contributed by atoms with Crippen molar-refractivity contribution in [1.29, 1.82) is 0 Å². The van der Waals surface area contributed by atoms with E-state index in [0.29, 0.717) is 11.0 Å². The Balaban J connectivity index is 1.69. The standard InChI is InChI=1S/C16H23ClN2OS/c1-12(9-13-3-2-4-14(17)10-13)19-16(20)11-21-15-5-7-18-8-6-15/h2-4,10,12,15,18H,5-9,11H2,1H3,(H,19,20). The van der Waals surface area contributed by atoms with Gasteiger partial charge < -0.3 is 10.6 Å². The zero-order chi connectivity index (χ0) is 15.1. The van der Waals surface area contributed by atoms with E-state index in [1.54, 1.807) is 11.8 Å². The highest BCUT2D eigenvalue weighted by atomic mass is 35.5. The van der Waals surface area contributed by atoms with Crippen LogP contribution in [-0.2, 0) is 11.2 Å². The maximum absolute atomic E-state index is 12.0. The Bertz CT molecular complexity index is 463. The molecular weight excluding hydrogens is 304 g/mol. The molecule has 0 spiro atoms. The minimum absolute atomic E-state index is 0.129. The summed E-state index contributed by atoms with van der Waals surface area (Å²) in [4.78, 5) is 12.0.